The normalized spacial score (nSPS) is 19.6. The van der Waals surface area contributed by atoms with Crippen molar-refractivity contribution in [1.82, 2.24) is 4.57 Å². The molecule has 34 heavy (non-hydrogen) atoms. The number of methoxy groups -OCH3 is 1. The predicted molar refractivity (Wildman–Crippen MR) is 131 cm³/mol. The molecule has 1 heterocycles. The van der Waals surface area contributed by atoms with E-state index in [2.05, 4.69) is 16.8 Å². The minimum Gasteiger partial charge on any atom is -0.489 e. The molecule has 4 aromatic rings. The summed E-state index contributed by atoms with van der Waals surface area (Å²) >= 11 is 0. The lowest BCUT2D eigenvalue weighted by molar-refractivity contribution is -0.158. The van der Waals surface area contributed by atoms with E-state index in [1.54, 1.807) is 13.0 Å². The molecule has 0 N–H and O–H groups in total. The van der Waals surface area contributed by atoms with Gasteiger partial charge in [0.2, 0.25) is 0 Å². The van der Waals surface area contributed by atoms with Gasteiger partial charge in [0.1, 0.15) is 18.2 Å². The third-order valence-electron chi connectivity index (χ3n) is 7.22. The lowest BCUT2D eigenvalue weighted by atomic mass is 9.59. The number of halogens is 1. The van der Waals surface area contributed by atoms with Gasteiger partial charge in [0, 0.05) is 23.2 Å². The van der Waals surface area contributed by atoms with Crippen molar-refractivity contribution in [2.75, 3.05) is 7.11 Å². The molecule has 3 aromatic carbocycles. The van der Waals surface area contributed by atoms with E-state index in [1.165, 1.54) is 13.2 Å². The highest BCUT2D eigenvalue weighted by Gasteiger charge is 2.51. The maximum absolute atomic E-state index is 14.0. The fourth-order valence-corrected chi connectivity index (χ4v) is 5.03. The van der Waals surface area contributed by atoms with Crippen molar-refractivity contribution < 1.29 is 18.7 Å². The zero-order valence-corrected chi connectivity index (χ0v) is 19.7. The van der Waals surface area contributed by atoms with Crippen molar-refractivity contribution in [2.45, 2.75) is 39.2 Å². The molecule has 1 aromatic heterocycles. The molecule has 2 unspecified atom stereocenters. The molecular weight excluding hydrogens is 429 g/mol. The summed E-state index contributed by atoms with van der Waals surface area (Å²) in [5.74, 6) is 0.396. The molecule has 1 fully saturated rings. The number of esters is 1. The molecule has 1 saturated carbocycles. The van der Waals surface area contributed by atoms with Crippen LogP contribution in [0.25, 0.3) is 16.6 Å². The van der Waals surface area contributed by atoms with E-state index in [4.69, 9.17) is 9.47 Å². The third-order valence-corrected chi connectivity index (χ3v) is 7.22. The highest BCUT2D eigenvalue weighted by Crippen LogP contribution is 2.55. The number of aromatic nitrogens is 1. The molecule has 0 radical (unpaired) electrons. The number of nitrogens with zero attached hydrogens (tertiary/aromatic N) is 1. The summed E-state index contributed by atoms with van der Waals surface area (Å²) in [7, 11) is 1.45. The average Bonchev–Trinajstić information content (AvgIpc) is 3.21. The highest BCUT2D eigenvalue weighted by molar-refractivity contribution is 5.89. The van der Waals surface area contributed by atoms with Gasteiger partial charge in [0.15, 0.2) is 0 Å². The lowest BCUT2D eigenvalue weighted by Gasteiger charge is -2.44. The van der Waals surface area contributed by atoms with Crippen molar-refractivity contribution in [3.05, 3.63) is 95.4 Å². The number of fused-ring (bicyclic) bond motifs is 1. The SMILES string of the molecule is COC(=O)C1(C)CCC1c1cn(-c2ccc(F)c(C)c2)c2ccc(OCc3ccccc3)cc12. The van der Waals surface area contributed by atoms with Crippen LogP contribution in [0.3, 0.4) is 0 Å². The second kappa shape index (κ2) is 8.64. The summed E-state index contributed by atoms with van der Waals surface area (Å²) in [5.41, 5.74) is 4.08. The van der Waals surface area contributed by atoms with Crippen LogP contribution in [-0.4, -0.2) is 17.6 Å². The average molecular weight is 458 g/mol. The van der Waals surface area contributed by atoms with E-state index < -0.39 is 5.41 Å². The van der Waals surface area contributed by atoms with Crippen molar-refractivity contribution >= 4 is 16.9 Å². The second-order valence-electron chi connectivity index (χ2n) is 9.34. The molecule has 5 heteroatoms. The van der Waals surface area contributed by atoms with Gasteiger partial charge in [-0.2, -0.15) is 0 Å². The second-order valence-corrected chi connectivity index (χ2v) is 9.34. The first-order valence-corrected chi connectivity index (χ1v) is 11.6. The Balaban J connectivity index is 1.59. The summed E-state index contributed by atoms with van der Waals surface area (Å²) in [6.07, 6.45) is 3.78. The van der Waals surface area contributed by atoms with Gasteiger partial charge >= 0.3 is 5.97 Å². The number of benzene rings is 3. The fourth-order valence-electron chi connectivity index (χ4n) is 5.03. The van der Waals surface area contributed by atoms with Gasteiger partial charge < -0.3 is 14.0 Å². The van der Waals surface area contributed by atoms with Crippen LogP contribution in [0, 0.1) is 18.2 Å². The first kappa shape index (κ1) is 22.2. The molecule has 0 aliphatic heterocycles. The predicted octanol–water partition coefficient (Wildman–Crippen LogP) is 6.71. The quantitative estimate of drug-likeness (QED) is 0.302. The molecular formula is C29H28FNO3. The maximum Gasteiger partial charge on any atom is 0.312 e. The van der Waals surface area contributed by atoms with Gasteiger partial charge in [-0.25, -0.2) is 4.39 Å². The Morgan fingerprint density at radius 2 is 1.91 bits per heavy atom. The molecule has 0 spiro atoms. The van der Waals surface area contributed by atoms with E-state index >= 15 is 0 Å². The van der Waals surface area contributed by atoms with Crippen LogP contribution >= 0.6 is 0 Å². The largest absolute Gasteiger partial charge is 0.489 e. The number of ether oxygens (including phenoxy) is 2. The van der Waals surface area contributed by atoms with Crippen LogP contribution in [0.1, 0.15) is 42.4 Å². The molecule has 0 saturated heterocycles. The van der Waals surface area contributed by atoms with Gasteiger partial charge in [0.25, 0.3) is 0 Å². The van der Waals surface area contributed by atoms with E-state index in [1.807, 2.05) is 55.5 Å². The van der Waals surface area contributed by atoms with Crippen molar-refractivity contribution in [2.24, 2.45) is 5.41 Å². The Bertz CT molecular complexity index is 1360. The van der Waals surface area contributed by atoms with Crippen LogP contribution in [0.2, 0.25) is 0 Å². The topological polar surface area (TPSA) is 40.5 Å². The van der Waals surface area contributed by atoms with Crippen LogP contribution in [-0.2, 0) is 16.1 Å². The van der Waals surface area contributed by atoms with Crippen molar-refractivity contribution in [3.8, 4) is 11.4 Å². The molecule has 0 amide bonds. The maximum atomic E-state index is 14.0. The first-order chi connectivity index (χ1) is 16.4. The summed E-state index contributed by atoms with van der Waals surface area (Å²) in [5, 5.41) is 1.03. The number of carbonyl (C=O) groups is 1. The molecule has 1 aliphatic rings. The molecule has 1 aliphatic carbocycles. The van der Waals surface area contributed by atoms with Gasteiger partial charge in [-0.15, -0.1) is 0 Å². The van der Waals surface area contributed by atoms with E-state index in [9.17, 15) is 9.18 Å². The molecule has 5 rings (SSSR count). The van der Waals surface area contributed by atoms with Crippen molar-refractivity contribution in [3.63, 3.8) is 0 Å². The van der Waals surface area contributed by atoms with Gasteiger partial charge in [-0.3, -0.25) is 4.79 Å². The minimum absolute atomic E-state index is 0.0367. The Morgan fingerprint density at radius 1 is 1.12 bits per heavy atom. The van der Waals surface area contributed by atoms with Crippen molar-refractivity contribution in [1.29, 1.82) is 0 Å². The number of rotatable bonds is 6. The number of hydrogen-bond acceptors (Lipinski definition) is 3. The third kappa shape index (κ3) is 3.75. The highest BCUT2D eigenvalue weighted by atomic mass is 19.1. The first-order valence-electron chi connectivity index (χ1n) is 11.6. The number of hydrogen-bond donors (Lipinski definition) is 0. The van der Waals surface area contributed by atoms with E-state index in [0.717, 1.165) is 46.3 Å². The van der Waals surface area contributed by atoms with E-state index in [-0.39, 0.29) is 17.7 Å². The standard InChI is InChI=1S/C29H28FNO3/c1-19-15-21(9-11-26(19)30)31-17-24(25-13-14-29(25,2)28(32)33-3)23-16-22(10-12-27(23)31)34-18-20-7-5-4-6-8-20/h4-12,15-17,25H,13-14,18H2,1-3H3. The molecule has 4 nitrogen and oxygen atoms in total. The summed E-state index contributed by atoms with van der Waals surface area (Å²) in [6, 6.07) is 21.2. The molecule has 2 atom stereocenters. The van der Waals surface area contributed by atoms with Crippen LogP contribution in [0.4, 0.5) is 4.39 Å². The fraction of sp³-hybridized carbons (Fsp3) is 0.276. The lowest BCUT2D eigenvalue weighted by Crippen LogP contribution is -2.43. The summed E-state index contributed by atoms with van der Waals surface area (Å²) in [4.78, 5) is 12.6. The van der Waals surface area contributed by atoms with Crippen LogP contribution in [0.15, 0.2) is 72.9 Å². The number of aryl methyl sites for hydroxylation is 1. The minimum atomic E-state index is -0.562. The smallest absolute Gasteiger partial charge is 0.312 e. The summed E-state index contributed by atoms with van der Waals surface area (Å²) < 4.78 is 27.3. The molecule has 0 bridgehead atoms. The Hall–Kier alpha value is -3.60. The Kier molecular flexibility index (Phi) is 5.64. The number of carbonyl (C=O) groups excluding carboxylic acids is 1. The van der Waals surface area contributed by atoms with Gasteiger partial charge in [-0.1, -0.05) is 30.3 Å². The Morgan fingerprint density at radius 3 is 2.59 bits per heavy atom. The van der Waals surface area contributed by atoms with Gasteiger partial charge in [0.05, 0.1) is 18.0 Å². The Labute approximate surface area is 198 Å². The van der Waals surface area contributed by atoms with E-state index in [0.29, 0.717) is 12.2 Å². The van der Waals surface area contributed by atoms with Crippen LogP contribution < -0.4 is 4.74 Å². The summed E-state index contributed by atoms with van der Waals surface area (Å²) in [6.45, 7) is 4.22. The zero-order valence-electron chi connectivity index (χ0n) is 19.7. The zero-order chi connectivity index (χ0) is 23.9. The molecule has 174 valence electrons. The monoisotopic (exact) mass is 457 g/mol. The van der Waals surface area contributed by atoms with Gasteiger partial charge in [-0.05, 0) is 79.8 Å². The van der Waals surface area contributed by atoms with Crippen LogP contribution in [0.5, 0.6) is 5.75 Å².